The highest BCUT2D eigenvalue weighted by Gasteiger charge is 2.04. The number of methoxy groups -OCH3 is 2. The van der Waals surface area contributed by atoms with Crippen molar-refractivity contribution in [3.63, 3.8) is 0 Å². The number of halogens is 1. The molecule has 0 unspecified atom stereocenters. The van der Waals surface area contributed by atoms with Crippen molar-refractivity contribution in [1.29, 1.82) is 0 Å². The largest absolute Gasteiger partial charge is 0.497 e. The van der Waals surface area contributed by atoms with Crippen molar-refractivity contribution < 1.29 is 14.3 Å². The monoisotopic (exact) mass is 229 g/mol. The summed E-state index contributed by atoms with van der Waals surface area (Å²) in [6.45, 7) is 0.0728. The van der Waals surface area contributed by atoms with Crippen molar-refractivity contribution in [2.24, 2.45) is 0 Å². The van der Waals surface area contributed by atoms with Gasteiger partial charge in [0.05, 0.1) is 24.9 Å². The number of hydrogen-bond acceptors (Lipinski definition) is 4. The van der Waals surface area contributed by atoms with E-state index in [1.165, 1.54) is 7.11 Å². The molecule has 0 heterocycles. The normalized spacial score (nSPS) is 9.53. The Bertz CT molecular complexity index is 355. The van der Waals surface area contributed by atoms with Gasteiger partial charge in [0, 0.05) is 6.07 Å². The first kappa shape index (κ1) is 11.7. The third-order valence-corrected chi connectivity index (χ3v) is 2.15. The SMILES string of the molecule is COC(=O)CNc1cc(OC)ccc1Cl. The fraction of sp³-hybridized carbons (Fsp3) is 0.300. The molecule has 1 aromatic carbocycles. The minimum atomic E-state index is -0.353. The summed E-state index contributed by atoms with van der Waals surface area (Å²) in [6.07, 6.45) is 0. The number of hydrogen-bond donors (Lipinski definition) is 1. The zero-order valence-corrected chi connectivity index (χ0v) is 9.30. The van der Waals surface area contributed by atoms with E-state index in [4.69, 9.17) is 16.3 Å². The van der Waals surface area contributed by atoms with E-state index in [2.05, 4.69) is 10.1 Å². The number of ether oxygens (including phenoxy) is 2. The molecule has 0 saturated heterocycles. The van der Waals surface area contributed by atoms with Crippen molar-refractivity contribution in [2.45, 2.75) is 0 Å². The molecule has 1 rings (SSSR count). The van der Waals surface area contributed by atoms with Gasteiger partial charge in [-0.3, -0.25) is 4.79 Å². The van der Waals surface area contributed by atoms with E-state index < -0.39 is 0 Å². The summed E-state index contributed by atoms with van der Waals surface area (Å²) < 4.78 is 9.52. The predicted octanol–water partition coefficient (Wildman–Crippen LogP) is 1.93. The van der Waals surface area contributed by atoms with E-state index in [-0.39, 0.29) is 12.5 Å². The maximum atomic E-state index is 10.9. The van der Waals surface area contributed by atoms with Gasteiger partial charge in [0.25, 0.3) is 0 Å². The van der Waals surface area contributed by atoms with Crippen LogP contribution in [0.1, 0.15) is 0 Å². The Morgan fingerprint density at radius 1 is 1.47 bits per heavy atom. The van der Waals surface area contributed by atoms with Crippen LogP contribution < -0.4 is 10.1 Å². The van der Waals surface area contributed by atoms with Crippen LogP contribution in [0.4, 0.5) is 5.69 Å². The second-order valence-corrected chi connectivity index (χ2v) is 3.18. The zero-order chi connectivity index (χ0) is 11.3. The van der Waals surface area contributed by atoms with Gasteiger partial charge in [0.15, 0.2) is 0 Å². The van der Waals surface area contributed by atoms with Crippen molar-refractivity contribution in [2.75, 3.05) is 26.1 Å². The minimum Gasteiger partial charge on any atom is -0.497 e. The molecule has 0 aliphatic carbocycles. The summed E-state index contributed by atoms with van der Waals surface area (Å²) >= 11 is 5.91. The van der Waals surface area contributed by atoms with E-state index in [1.807, 2.05) is 0 Å². The molecule has 0 atom stereocenters. The lowest BCUT2D eigenvalue weighted by atomic mass is 10.3. The van der Waals surface area contributed by atoms with E-state index in [1.54, 1.807) is 25.3 Å². The highest BCUT2D eigenvalue weighted by atomic mass is 35.5. The van der Waals surface area contributed by atoms with Crippen molar-refractivity contribution in [3.8, 4) is 5.75 Å². The van der Waals surface area contributed by atoms with Crippen molar-refractivity contribution in [1.82, 2.24) is 0 Å². The number of carbonyl (C=O) groups excluding carboxylic acids is 1. The molecule has 0 amide bonds. The first-order chi connectivity index (χ1) is 7.17. The maximum Gasteiger partial charge on any atom is 0.325 e. The average molecular weight is 230 g/mol. The van der Waals surface area contributed by atoms with Crippen molar-refractivity contribution in [3.05, 3.63) is 23.2 Å². The molecule has 0 aliphatic heterocycles. The summed E-state index contributed by atoms with van der Waals surface area (Å²) in [4.78, 5) is 10.9. The van der Waals surface area contributed by atoms with Crippen LogP contribution in [0.5, 0.6) is 5.75 Å². The molecule has 0 aromatic heterocycles. The topological polar surface area (TPSA) is 47.6 Å². The molecule has 0 fully saturated rings. The highest BCUT2D eigenvalue weighted by Crippen LogP contribution is 2.26. The third kappa shape index (κ3) is 3.32. The summed E-state index contributed by atoms with van der Waals surface area (Å²) in [5.74, 6) is 0.320. The predicted molar refractivity (Wildman–Crippen MR) is 58.5 cm³/mol. The van der Waals surface area contributed by atoms with Gasteiger partial charge < -0.3 is 14.8 Å². The van der Waals surface area contributed by atoms with Gasteiger partial charge in [-0.1, -0.05) is 11.6 Å². The molecule has 15 heavy (non-hydrogen) atoms. The second-order valence-electron chi connectivity index (χ2n) is 2.78. The van der Waals surface area contributed by atoms with E-state index in [9.17, 15) is 4.79 Å². The standard InChI is InChI=1S/C10H12ClNO3/c1-14-7-3-4-8(11)9(5-7)12-6-10(13)15-2/h3-5,12H,6H2,1-2H3. The lowest BCUT2D eigenvalue weighted by Gasteiger charge is -2.08. The fourth-order valence-corrected chi connectivity index (χ4v) is 1.19. The highest BCUT2D eigenvalue weighted by molar-refractivity contribution is 6.33. The summed E-state index contributed by atoms with van der Waals surface area (Å²) in [5, 5.41) is 3.38. The molecule has 0 spiro atoms. The number of nitrogens with one attached hydrogen (secondary N) is 1. The molecule has 82 valence electrons. The van der Waals surface area contributed by atoms with E-state index in [0.717, 1.165) is 0 Å². The van der Waals surface area contributed by atoms with Crippen LogP contribution in [-0.4, -0.2) is 26.7 Å². The van der Waals surface area contributed by atoms with Gasteiger partial charge in [0.1, 0.15) is 12.3 Å². The number of rotatable bonds is 4. The lowest BCUT2D eigenvalue weighted by molar-refractivity contribution is -0.138. The molecule has 0 aliphatic rings. The van der Waals surface area contributed by atoms with E-state index >= 15 is 0 Å². The van der Waals surface area contributed by atoms with Crippen LogP contribution in [0.3, 0.4) is 0 Å². The molecule has 0 bridgehead atoms. The van der Waals surface area contributed by atoms with Gasteiger partial charge in [-0.05, 0) is 12.1 Å². The second kappa shape index (κ2) is 5.46. The smallest absolute Gasteiger partial charge is 0.325 e. The third-order valence-electron chi connectivity index (χ3n) is 1.82. The van der Waals surface area contributed by atoms with Gasteiger partial charge in [-0.15, -0.1) is 0 Å². The van der Waals surface area contributed by atoms with Gasteiger partial charge >= 0.3 is 5.97 Å². The average Bonchev–Trinajstić information content (AvgIpc) is 2.27. The molecule has 4 nitrogen and oxygen atoms in total. The maximum absolute atomic E-state index is 10.9. The number of carbonyl (C=O) groups is 1. The number of esters is 1. The Balaban J connectivity index is 2.70. The van der Waals surface area contributed by atoms with Crippen LogP contribution in [-0.2, 0) is 9.53 Å². The number of benzene rings is 1. The summed E-state index contributed by atoms with van der Waals surface area (Å²) in [6, 6.07) is 5.15. The van der Waals surface area contributed by atoms with Gasteiger partial charge in [-0.2, -0.15) is 0 Å². The summed E-state index contributed by atoms with van der Waals surface area (Å²) in [5.41, 5.74) is 0.640. The Kier molecular flexibility index (Phi) is 4.24. The first-order valence-electron chi connectivity index (χ1n) is 4.31. The van der Waals surface area contributed by atoms with Gasteiger partial charge in [-0.25, -0.2) is 0 Å². The quantitative estimate of drug-likeness (QED) is 0.802. The fourth-order valence-electron chi connectivity index (χ4n) is 1.01. The summed E-state index contributed by atoms with van der Waals surface area (Å²) in [7, 11) is 2.89. The molecule has 0 saturated carbocycles. The minimum absolute atomic E-state index is 0.0728. The Morgan fingerprint density at radius 3 is 2.80 bits per heavy atom. The Hall–Kier alpha value is -1.42. The number of anilines is 1. The van der Waals surface area contributed by atoms with Crippen LogP contribution in [0.2, 0.25) is 5.02 Å². The molecule has 5 heteroatoms. The Morgan fingerprint density at radius 2 is 2.20 bits per heavy atom. The first-order valence-corrected chi connectivity index (χ1v) is 4.69. The van der Waals surface area contributed by atoms with Crippen LogP contribution in [0.15, 0.2) is 18.2 Å². The molecule has 0 radical (unpaired) electrons. The van der Waals surface area contributed by atoms with Gasteiger partial charge in [0.2, 0.25) is 0 Å². The molecular formula is C10H12ClNO3. The van der Waals surface area contributed by atoms with Crippen LogP contribution in [0.25, 0.3) is 0 Å². The van der Waals surface area contributed by atoms with Crippen LogP contribution in [0, 0.1) is 0 Å². The molecule has 1 N–H and O–H groups in total. The molecular weight excluding hydrogens is 218 g/mol. The molecule has 1 aromatic rings. The zero-order valence-electron chi connectivity index (χ0n) is 8.54. The Labute approximate surface area is 93.1 Å². The van der Waals surface area contributed by atoms with E-state index in [0.29, 0.717) is 16.5 Å². The lowest BCUT2D eigenvalue weighted by Crippen LogP contribution is -2.15. The van der Waals surface area contributed by atoms with Crippen molar-refractivity contribution >= 4 is 23.3 Å². The van der Waals surface area contributed by atoms with Crippen LogP contribution >= 0.6 is 11.6 Å².